The highest BCUT2D eigenvalue weighted by molar-refractivity contribution is 9.10. The van der Waals surface area contributed by atoms with E-state index in [0.717, 1.165) is 16.6 Å². The molecule has 1 aromatic rings. The van der Waals surface area contributed by atoms with Crippen molar-refractivity contribution in [3.8, 4) is 0 Å². The summed E-state index contributed by atoms with van der Waals surface area (Å²) in [6.07, 6.45) is 1.85. The van der Waals surface area contributed by atoms with Gasteiger partial charge in [-0.15, -0.1) is 6.58 Å². The average molecular weight is 311 g/mol. The molecule has 18 heavy (non-hydrogen) atoms. The molecule has 3 unspecified atom stereocenters. The average Bonchev–Trinajstić information content (AvgIpc) is 2.73. The zero-order valence-corrected chi connectivity index (χ0v) is 11.9. The van der Waals surface area contributed by atoms with Crippen LogP contribution in [0.2, 0.25) is 0 Å². The lowest BCUT2D eigenvalue weighted by molar-refractivity contribution is 0.0845. The molecule has 0 bridgehead atoms. The quantitative estimate of drug-likeness (QED) is 0.743. The first kappa shape index (κ1) is 13.7. The topological polar surface area (TPSA) is 58.3 Å². The lowest BCUT2D eigenvalue weighted by Gasteiger charge is -2.34. The minimum Gasteiger partial charge on any atom is -0.392 e. The first-order chi connectivity index (χ1) is 8.58. The first-order valence-electron chi connectivity index (χ1n) is 6.12. The Labute approximate surface area is 116 Å². The Morgan fingerprint density at radius 2 is 2.44 bits per heavy atom. The molecule has 0 saturated carbocycles. The largest absolute Gasteiger partial charge is 0.392 e. The number of hydrogen-bond acceptors (Lipinski definition) is 3. The SMILES string of the molecule is C=CCC(O)C1CNCC1(N)c1cccc(Br)c1. The number of halogens is 1. The summed E-state index contributed by atoms with van der Waals surface area (Å²) < 4.78 is 1.01. The fourth-order valence-corrected chi connectivity index (χ4v) is 3.06. The van der Waals surface area contributed by atoms with Crippen LogP contribution >= 0.6 is 15.9 Å². The van der Waals surface area contributed by atoms with Crippen LogP contribution in [-0.4, -0.2) is 24.3 Å². The smallest absolute Gasteiger partial charge is 0.0636 e. The Balaban J connectivity index is 2.30. The molecule has 0 radical (unpaired) electrons. The van der Waals surface area contributed by atoms with E-state index in [1.165, 1.54) is 0 Å². The predicted molar refractivity (Wildman–Crippen MR) is 77.2 cm³/mol. The van der Waals surface area contributed by atoms with Gasteiger partial charge in [-0.1, -0.05) is 34.1 Å². The summed E-state index contributed by atoms with van der Waals surface area (Å²) in [5.74, 6) is 0.00444. The summed E-state index contributed by atoms with van der Waals surface area (Å²) >= 11 is 3.47. The second-order valence-corrected chi connectivity index (χ2v) is 5.80. The van der Waals surface area contributed by atoms with Crippen LogP contribution in [0.25, 0.3) is 0 Å². The number of aliphatic hydroxyl groups is 1. The van der Waals surface area contributed by atoms with Gasteiger partial charge in [0, 0.05) is 23.5 Å². The van der Waals surface area contributed by atoms with Crippen molar-refractivity contribution < 1.29 is 5.11 Å². The van der Waals surface area contributed by atoms with E-state index >= 15 is 0 Å². The Bertz CT molecular complexity index is 438. The Hall–Kier alpha value is -0.680. The Kier molecular flexibility index (Phi) is 4.22. The van der Waals surface area contributed by atoms with Crippen LogP contribution in [0.3, 0.4) is 0 Å². The van der Waals surface area contributed by atoms with E-state index in [-0.39, 0.29) is 5.92 Å². The lowest BCUT2D eigenvalue weighted by Crippen LogP contribution is -2.48. The second kappa shape index (κ2) is 5.53. The highest BCUT2D eigenvalue weighted by Gasteiger charge is 2.44. The van der Waals surface area contributed by atoms with Crippen LogP contribution in [0.4, 0.5) is 0 Å². The van der Waals surface area contributed by atoms with Crippen molar-refractivity contribution in [1.82, 2.24) is 5.32 Å². The molecular formula is C14H19BrN2O. The summed E-state index contributed by atoms with van der Waals surface area (Å²) in [7, 11) is 0. The first-order valence-corrected chi connectivity index (χ1v) is 6.92. The molecule has 1 heterocycles. The fraction of sp³-hybridized carbons (Fsp3) is 0.429. The van der Waals surface area contributed by atoms with Crippen LogP contribution < -0.4 is 11.1 Å². The van der Waals surface area contributed by atoms with Gasteiger partial charge in [-0.05, 0) is 24.1 Å². The molecule has 0 aliphatic carbocycles. The molecule has 4 heteroatoms. The van der Waals surface area contributed by atoms with Gasteiger partial charge < -0.3 is 16.2 Å². The maximum Gasteiger partial charge on any atom is 0.0636 e. The van der Waals surface area contributed by atoms with Crippen LogP contribution in [0.5, 0.6) is 0 Å². The molecule has 2 rings (SSSR count). The predicted octanol–water partition coefficient (Wildman–Crippen LogP) is 1.76. The van der Waals surface area contributed by atoms with Crippen molar-refractivity contribution in [3.05, 3.63) is 47.0 Å². The second-order valence-electron chi connectivity index (χ2n) is 4.88. The van der Waals surface area contributed by atoms with Crippen molar-refractivity contribution in [2.45, 2.75) is 18.1 Å². The molecule has 1 saturated heterocycles. The van der Waals surface area contributed by atoms with Crippen molar-refractivity contribution in [2.24, 2.45) is 11.7 Å². The molecule has 0 spiro atoms. The van der Waals surface area contributed by atoms with Gasteiger partial charge in [0.05, 0.1) is 11.6 Å². The molecule has 1 fully saturated rings. The van der Waals surface area contributed by atoms with Crippen molar-refractivity contribution >= 4 is 15.9 Å². The molecule has 0 aromatic heterocycles. The zero-order valence-electron chi connectivity index (χ0n) is 10.3. The molecule has 3 nitrogen and oxygen atoms in total. The molecular weight excluding hydrogens is 292 g/mol. The van der Waals surface area contributed by atoms with E-state index in [1.54, 1.807) is 6.08 Å². The number of benzene rings is 1. The molecule has 98 valence electrons. The third-order valence-electron chi connectivity index (χ3n) is 3.68. The number of rotatable bonds is 4. The summed E-state index contributed by atoms with van der Waals surface area (Å²) in [5.41, 5.74) is 7.08. The summed E-state index contributed by atoms with van der Waals surface area (Å²) in [5, 5.41) is 13.5. The third kappa shape index (κ3) is 2.52. The van der Waals surface area contributed by atoms with Crippen LogP contribution in [-0.2, 0) is 5.54 Å². The lowest BCUT2D eigenvalue weighted by atomic mass is 9.78. The van der Waals surface area contributed by atoms with Gasteiger partial charge in [-0.25, -0.2) is 0 Å². The number of aliphatic hydroxyl groups excluding tert-OH is 1. The van der Waals surface area contributed by atoms with Crippen molar-refractivity contribution in [3.63, 3.8) is 0 Å². The number of nitrogens with one attached hydrogen (secondary N) is 1. The minimum atomic E-state index is -0.522. The molecule has 0 amide bonds. The van der Waals surface area contributed by atoms with Crippen LogP contribution in [0.15, 0.2) is 41.4 Å². The maximum absolute atomic E-state index is 10.2. The van der Waals surface area contributed by atoms with Gasteiger partial charge in [0.1, 0.15) is 0 Å². The molecule has 4 N–H and O–H groups in total. The monoisotopic (exact) mass is 310 g/mol. The highest BCUT2D eigenvalue weighted by atomic mass is 79.9. The summed E-state index contributed by atoms with van der Waals surface area (Å²) in [4.78, 5) is 0. The number of nitrogens with two attached hydrogens (primary N) is 1. The standard InChI is InChI=1S/C14H19BrN2O/c1-2-4-13(18)12-8-17-9-14(12,16)10-5-3-6-11(15)7-10/h2-3,5-7,12-13,17-18H,1,4,8-9,16H2. The highest BCUT2D eigenvalue weighted by Crippen LogP contribution is 2.34. The maximum atomic E-state index is 10.2. The molecule has 1 aliphatic rings. The Morgan fingerprint density at radius 3 is 3.11 bits per heavy atom. The van der Waals surface area contributed by atoms with Crippen molar-refractivity contribution in [2.75, 3.05) is 13.1 Å². The number of hydrogen-bond donors (Lipinski definition) is 3. The van der Waals surface area contributed by atoms with Gasteiger partial charge in [-0.3, -0.25) is 0 Å². The summed E-state index contributed by atoms with van der Waals surface area (Å²) in [6, 6.07) is 8.00. The van der Waals surface area contributed by atoms with E-state index in [9.17, 15) is 5.11 Å². The van der Waals surface area contributed by atoms with E-state index in [1.807, 2.05) is 24.3 Å². The molecule has 3 atom stereocenters. The van der Waals surface area contributed by atoms with Crippen LogP contribution in [0, 0.1) is 5.92 Å². The van der Waals surface area contributed by atoms with Gasteiger partial charge in [0.25, 0.3) is 0 Å². The van der Waals surface area contributed by atoms with Gasteiger partial charge in [0.2, 0.25) is 0 Å². The van der Waals surface area contributed by atoms with Crippen molar-refractivity contribution in [1.29, 1.82) is 0 Å². The van der Waals surface area contributed by atoms with E-state index in [4.69, 9.17) is 5.73 Å². The molecule has 1 aliphatic heterocycles. The minimum absolute atomic E-state index is 0.00444. The van der Waals surface area contributed by atoms with Gasteiger partial charge in [0.15, 0.2) is 0 Å². The van der Waals surface area contributed by atoms with Crippen LogP contribution in [0.1, 0.15) is 12.0 Å². The molecule has 1 aromatic carbocycles. The zero-order chi connectivity index (χ0) is 13.2. The van der Waals surface area contributed by atoms with E-state index in [0.29, 0.717) is 13.0 Å². The van der Waals surface area contributed by atoms with E-state index < -0.39 is 11.6 Å². The Morgan fingerprint density at radius 1 is 1.67 bits per heavy atom. The van der Waals surface area contributed by atoms with Gasteiger partial charge >= 0.3 is 0 Å². The third-order valence-corrected chi connectivity index (χ3v) is 4.17. The fourth-order valence-electron chi connectivity index (χ4n) is 2.66. The summed E-state index contributed by atoms with van der Waals surface area (Å²) in [6.45, 7) is 5.09. The normalized spacial score (nSPS) is 29.2. The van der Waals surface area contributed by atoms with E-state index in [2.05, 4.69) is 27.8 Å². The van der Waals surface area contributed by atoms with Gasteiger partial charge in [-0.2, -0.15) is 0 Å².